The molecule has 2 fully saturated rings. The minimum atomic E-state index is 0.417. The third-order valence-corrected chi connectivity index (χ3v) is 4.74. The van der Waals surface area contributed by atoms with Gasteiger partial charge in [0, 0.05) is 38.4 Å². The van der Waals surface area contributed by atoms with Crippen LogP contribution in [0.1, 0.15) is 25.7 Å². The minimum absolute atomic E-state index is 0.417. The van der Waals surface area contributed by atoms with Crippen LogP contribution in [0.2, 0.25) is 0 Å². The fourth-order valence-corrected chi connectivity index (χ4v) is 3.40. The topological polar surface area (TPSA) is 30.0 Å². The molecular weight excluding hydrogens is 262 g/mol. The first-order valence-electron chi connectivity index (χ1n) is 8.25. The Kier molecular flexibility index (Phi) is 4.54. The normalized spacial score (nSPS) is 21.4. The number of nitrogens with zero attached hydrogens (tertiary/aromatic N) is 3. The van der Waals surface area contributed by atoms with Crippen LogP contribution < -0.4 is 9.80 Å². The van der Waals surface area contributed by atoms with E-state index >= 15 is 0 Å². The number of benzene rings is 1. The Labute approximate surface area is 128 Å². The molecule has 2 aliphatic heterocycles. The van der Waals surface area contributed by atoms with E-state index in [-0.39, 0.29) is 0 Å². The van der Waals surface area contributed by atoms with Gasteiger partial charge in [-0.05, 0) is 57.5 Å². The Balaban J connectivity index is 1.80. The Morgan fingerprint density at radius 2 is 1.57 bits per heavy atom. The Bertz CT molecular complexity index is 471. The van der Waals surface area contributed by atoms with E-state index in [1.807, 2.05) is 6.07 Å². The van der Waals surface area contributed by atoms with Crippen molar-refractivity contribution in [2.75, 3.05) is 56.1 Å². The lowest BCUT2D eigenvalue weighted by Crippen LogP contribution is -2.31. The Morgan fingerprint density at radius 3 is 2.38 bits per heavy atom. The molecule has 4 heteroatoms. The fraction of sp³-hybridized carbons (Fsp3) is 0.647. The number of hydrogen-bond donors (Lipinski definition) is 1. The highest BCUT2D eigenvalue weighted by molar-refractivity contribution is 5.66. The van der Waals surface area contributed by atoms with Gasteiger partial charge in [0.2, 0.25) is 0 Å². The maximum absolute atomic E-state index is 10.3. The minimum Gasteiger partial charge on any atom is -0.506 e. The van der Waals surface area contributed by atoms with Crippen LogP contribution in [0.25, 0.3) is 0 Å². The monoisotopic (exact) mass is 289 g/mol. The summed E-state index contributed by atoms with van der Waals surface area (Å²) in [6, 6.07) is 6.12. The highest BCUT2D eigenvalue weighted by Gasteiger charge is 2.18. The SMILES string of the molecule is CN1CCCN(c2cc(N3CCCCC3)ccc2O)CC1. The van der Waals surface area contributed by atoms with Crippen molar-refractivity contribution in [3.8, 4) is 5.75 Å². The maximum atomic E-state index is 10.3. The molecule has 0 amide bonds. The molecule has 3 rings (SSSR count). The lowest BCUT2D eigenvalue weighted by molar-refractivity contribution is 0.360. The molecule has 1 aromatic carbocycles. The summed E-state index contributed by atoms with van der Waals surface area (Å²) in [5.41, 5.74) is 2.27. The summed E-state index contributed by atoms with van der Waals surface area (Å²) in [7, 11) is 2.17. The van der Waals surface area contributed by atoms with Crippen LogP contribution in [0.15, 0.2) is 18.2 Å². The van der Waals surface area contributed by atoms with Gasteiger partial charge in [-0.15, -0.1) is 0 Å². The second kappa shape index (κ2) is 6.56. The van der Waals surface area contributed by atoms with Gasteiger partial charge in [0.25, 0.3) is 0 Å². The predicted octanol–water partition coefficient (Wildman–Crippen LogP) is 2.52. The quantitative estimate of drug-likeness (QED) is 0.906. The first-order chi connectivity index (χ1) is 10.2. The molecule has 0 bridgehead atoms. The molecule has 2 saturated heterocycles. The molecule has 2 aliphatic rings. The van der Waals surface area contributed by atoms with Crippen LogP contribution >= 0.6 is 0 Å². The second-order valence-electron chi connectivity index (χ2n) is 6.36. The zero-order valence-electron chi connectivity index (χ0n) is 13.1. The molecular formula is C17H27N3O. The summed E-state index contributed by atoms with van der Waals surface area (Å²) in [6.45, 7) is 6.52. The number of phenolic OH excluding ortho intramolecular Hbond substituents is 1. The van der Waals surface area contributed by atoms with Gasteiger partial charge in [0.1, 0.15) is 5.75 Å². The van der Waals surface area contributed by atoms with Crippen molar-refractivity contribution < 1.29 is 5.11 Å². The molecule has 0 atom stereocenters. The summed E-state index contributed by atoms with van der Waals surface area (Å²) in [5.74, 6) is 0.417. The van der Waals surface area contributed by atoms with E-state index in [1.54, 1.807) is 0 Å². The van der Waals surface area contributed by atoms with Gasteiger partial charge in [-0.1, -0.05) is 0 Å². The van der Waals surface area contributed by atoms with Gasteiger partial charge in [0.05, 0.1) is 5.69 Å². The molecule has 0 spiro atoms. The van der Waals surface area contributed by atoms with Crippen molar-refractivity contribution in [3.05, 3.63) is 18.2 Å². The second-order valence-corrected chi connectivity index (χ2v) is 6.36. The molecule has 1 aromatic rings. The average Bonchev–Trinajstić information content (AvgIpc) is 2.73. The van der Waals surface area contributed by atoms with Gasteiger partial charge in [-0.2, -0.15) is 0 Å². The van der Waals surface area contributed by atoms with E-state index in [0.29, 0.717) is 5.75 Å². The first kappa shape index (κ1) is 14.5. The van der Waals surface area contributed by atoms with E-state index in [2.05, 4.69) is 33.9 Å². The average molecular weight is 289 g/mol. The van der Waals surface area contributed by atoms with Crippen molar-refractivity contribution >= 4 is 11.4 Å². The van der Waals surface area contributed by atoms with E-state index in [0.717, 1.165) is 51.4 Å². The third kappa shape index (κ3) is 3.43. The van der Waals surface area contributed by atoms with Gasteiger partial charge in [0.15, 0.2) is 0 Å². The number of hydrogen-bond acceptors (Lipinski definition) is 4. The molecule has 1 N–H and O–H groups in total. The van der Waals surface area contributed by atoms with Crippen LogP contribution in [-0.4, -0.2) is 56.3 Å². The summed E-state index contributed by atoms with van der Waals surface area (Å²) in [6.07, 6.45) is 5.07. The van der Waals surface area contributed by atoms with Gasteiger partial charge < -0.3 is 19.8 Å². The zero-order valence-corrected chi connectivity index (χ0v) is 13.1. The van der Waals surface area contributed by atoms with Crippen LogP contribution in [0.4, 0.5) is 11.4 Å². The van der Waals surface area contributed by atoms with Gasteiger partial charge in [-0.3, -0.25) is 0 Å². The molecule has 116 valence electrons. The van der Waals surface area contributed by atoms with E-state index in [4.69, 9.17) is 0 Å². The lowest BCUT2D eigenvalue weighted by Gasteiger charge is -2.31. The number of piperidine rings is 1. The lowest BCUT2D eigenvalue weighted by atomic mass is 10.1. The number of anilines is 2. The van der Waals surface area contributed by atoms with E-state index < -0.39 is 0 Å². The summed E-state index contributed by atoms with van der Waals surface area (Å²) in [4.78, 5) is 7.16. The third-order valence-electron chi connectivity index (χ3n) is 4.74. The standard InChI is InChI=1S/C17H27N3O/c1-18-8-5-11-20(13-12-18)16-14-15(6-7-17(16)21)19-9-3-2-4-10-19/h6-7,14,21H,2-5,8-13H2,1H3. The fourth-order valence-electron chi connectivity index (χ4n) is 3.40. The van der Waals surface area contributed by atoms with Crippen molar-refractivity contribution in [2.24, 2.45) is 0 Å². The summed E-state index contributed by atoms with van der Waals surface area (Å²) in [5, 5.41) is 10.3. The van der Waals surface area contributed by atoms with Crippen LogP contribution in [0, 0.1) is 0 Å². The molecule has 0 aliphatic carbocycles. The molecule has 2 heterocycles. The van der Waals surface area contributed by atoms with Gasteiger partial charge >= 0.3 is 0 Å². The Morgan fingerprint density at radius 1 is 0.810 bits per heavy atom. The van der Waals surface area contributed by atoms with Crippen LogP contribution in [-0.2, 0) is 0 Å². The van der Waals surface area contributed by atoms with Crippen molar-refractivity contribution in [3.63, 3.8) is 0 Å². The smallest absolute Gasteiger partial charge is 0.139 e. The Hall–Kier alpha value is -1.42. The summed E-state index contributed by atoms with van der Waals surface area (Å²) < 4.78 is 0. The molecule has 4 nitrogen and oxygen atoms in total. The maximum Gasteiger partial charge on any atom is 0.139 e. The van der Waals surface area contributed by atoms with Crippen molar-refractivity contribution in [2.45, 2.75) is 25.7 Å². The first-order valence-corrected chi connectivity index (χ1v) is 8.25. The van der Waals surface area contributed by atoms with E-state index in [1.165, 1.54) is 24.9 Å². The molecule has 0 radical (unpaired) electrons. The predicted molar refractivity (Wildman–Crippen MR) is 88.5 cm³/mol. The molecule has 0 aromatic heterocycles. The van der Waals surface area contributed by atoms with Crippen molar-refractivity contribution in [1.29, 1.82) is 0 Å². The molecule has 21 heavy (non-hydrogen) atoms. The number of likely N-dealkylation sites (N-methyl/N-ethyl adjacent to an activating group) is 1. The number of aromatic hydroxyl groups is 1. The van der Waals surface area contributed by atoms with Crippen molar-refractivity contribution in [1.82, 2.24) is 4.90 Å². The molecule has 0 unspecified atom stereocenters. The highest BCUT2D eigenvalue weighted by Crippen LogP contribution is 2.33. The zero-order chi connectivity index (χ0) is 14.7. The van der Waals surface area contributed by atoms with Gasteiger partial charge in [-0.25, -0.2) is 0 Å². The van der Waals surface area contributed by atoms with Crippen LogP contribution in [0.3, 0.4) is 0 Å². The van der Waals surface area contributed by atoms with E-state index in [9.17, 15) is 5.11 Å². The molecule has 0 saturated carbocycles. The van der Waals surface area contributed by atoms with Crippen LogP contribution in [0.5, 0.6) is 5.75 Å². The highest BCUT2D eigenvalue weighted by atomic mass is 16.3. The largest absolute Gasteiger partial charge is 0.506 e. The number of rotatable bonds is 2. The number of phenols is 1. The summed E-state index contributed by atoms with van der Waals surface area (Å²) >= 11 is 0.